The van der Waals surface area contributed by atoms with Gasteiger partial charge in [-0.2, -0.15) is 0 Å². The maximum Gasteiger partial charge on any atom is 0.221 e. The van der Waals surface area contributed by atoms with Gasteiger partial charge in [-0.05, 0) is 31.1 Å². The Bertz CT molecular complexity index is 841. The number of dihydropyridines is 1. The number of nitrogens with one attached hydrogen (secondary N) is 1. The molecule has 8 heteroatoms. The van der Waals surface area contributed by atoms with Crippen molar-refractivity contribution in [3.63, 3.8) is 0 Å². The number of halogens is 1. The quantitative estimate of drug-likeness (QED) is 0.809. The van der Waals surface area contributed by atoms with Gasteiger partial charge in [0, 0.05) is 5.70 Å². The minimum absolute atomic E-state index is 0.154. The number of aromatic nitrogens is 5. The first-order chi connectivity index (χ1) is 13.2. The lowest BCUT2D eigenvalue weighted by molar-refractivity contribution is 0.621. The van der Waals surface area contributed by atoms with Crippen molar-refractivity contribution in [1.82, 2.24) is 30.7 Å². The fraction of sp³-hybridized carbons (Fsp3) is 0.368. The summed E-state index contributed by atoms with van der Waals surface area (Å²) in [5.74, 6) is 0.179. The van der Waals surface area contributed by atoms with Crippen molar-refractivity contribution in [1.29, 1.82) is 0 Å². The third kappa shape index (κ3) is 4.99. The Kier molecular flexibility index (Phi) is 6.30. The van der Waals surface area contributed by atoms with E-state index in [0.29, 0.717) is 23.8 Å². The molecule has 27 heavy (non-hydrogen) atoms. The van der Waals surface area contributed by atoms with Crippen molar-refractivity contribution in [2.24, 2.45) is 4.99 Å². The van der Waals surface area contributed by atoms with Crippen molar-refractivity contribution in [3.8, 4) is 11.5 Å². The number of aliphatic imine (C=N–C) groups is 1. The number of hydrogen-bond acceptors (Lipinski definition) is 7. The van der Waals surface area contributed by atoms with Gasteiger partial charge in [0.15, 0.2) is 0 Å². The van der Waals surface area contributed by atoms with Crippen molar-refractivity contribution in [2.45, 2.75) is 39.2 Å². The van der Waals surface area contributed by atoms with E-state index in [4.69, 9.17) is 0 Å². The summed E-state index contributed by atoms with van der Waals surface area (Å²) >= 11 is 0. The number of rotatable bonds is 7. The molecule has 0 bridgehead atoms. The molecule has 1 aliphatic rings. The molecule has 2 aromatic heterocycles. The lowest BCUT2D eigenvalue weighted by Gasteiger charge is -2.20. The van der Waals surface area contributed by atoms with Gasteiger partial charge in [0.2, 0.25) is 11.6 Å². The highest BCUT2D eigenvalue weighted by Crippen LogP contribution is 2.11. The molecular formula is C19H22FN7. The molecule has 0 spiro atoms. The van der Waals surface area contributed by atoms with Crippen LogP contribution in [0.15, 0.2) is 47.2 Å². The molecule has 1 N–H and O–H groups in total. The first kappa shape index (κ1) is 18.8. The van der Waals surface area contributed by atoms with Crippen LogP contribution in [0.5, 0.6) is 0 Å². The second-order valence-electron chi connectivity index (χ2n) is 6.13. The van der Waals surface area contributed by atoms with Crippen LogP contribution in [-0.4, -0.2) is 43.7 Å². The molecule has 2 aromatic rings. The van der Waals surface area contributed by atoms with E-state index in [0.717, 1.165) is 25.5 Å². The van der Waals surface area contributed by atoms with Crippen LogP contribution in [0, 0.1) is 5.82 Å². The van der Waals surface area contributed by atoms with E-state index in [2.05, 4.69) is 61.7 Å². The second-order valence-corrected chi connectivity index (χ2v) is 6.13. The summed E-state index contributed by atoms with van der Waals surface area (Å²) in [6, 6.07) is 2.93. The van der Waals surface area contributed by atoms with Gasteiger partial charge in [-0.25, -0.2) is 9.37 Å². The van der Waals surface area contributed by atoms with Gasteiger partial charge in [0.1, 0.15) is 17.2 Å². The first-order valence-corrected chi connectivity index (χ1v) is 9.07. The number of pyridine rings is 1. The van der Waals surface area contributed by atoms with Gasteiger partial charge in [-0.15, -0.1) is 20.4 Å². The lowest BCUT2D eigenvalue weighted by atomic mass is 10.1. The van der Waals surface area contributed by atoms with E-state index in [1.807, 2.05) is 6.08 Å². The number of hydrogen-bond donors (Lipinski definition) is 1. The summed E-state index contributed by atoms with van der Waals surface area (Å²) in [4.78, 5) is 8.46. The maximum atomic E-state index is 12.9. The van der Waals surface area contributed by atoms with E-state index in [1.165, 1.54) is 17.8 Å². The van der Waals surface area contributed by atoms with Crippen molar-refractivity contribution in [2.75, 3.05) is 6.54 Å². The van der Waals surface area contributed by atoms with Crippen LogP contribution in [0.2, 0.25) is 0 Å². The van der Waals surface area contributed by atoms with E-state index in [1.54, 1.807) is 0 Å². The van der Waals surface area contributed by atoms with Crippen molar-refractivity contribution in [3.05, 3.63) is 53.9 Å². The standard InChI is InChI=1S/C19H22FN7/c1-3-5-14(6-4-2)23-15-8-10-17(22-12-15)19-26-24-18(25-27-19)16-9-7-13(20)11-21-16/h5,7-11,15,23H,3-4,6,12H2,1-2H3/b14-5-. The van der Waals surface area contributed by atoms with Gasteiger partial charge in [-0.3, -0.25) is 4.99 Å². The Hall–Kier alpha value is -3.03. The Morgan fingerprint density at radius 3 is 2.56 bits per heavy atom. The molecule has 0 amide bonds. The highest BCUT2D eigenvalue weighted by molar-refractivity contribution is 6.06. The topological polar surface area (TPSA) is 88.8 Å². The SMILES string of the molecule is CC/C=C(/CCC)NC1C=CC(c2nnc(-c3ccc(F)cn3)nn2)=NC1. The molecule has 3 heterocycles. The molecule has 0 aromatic carbocycles. The van der Waals surface area contributed by atoms with Gasteiger partial charge in [-0.1, -0.05) is 32.4 Å². The summed E-state index contributed by atoms with van der Waals surface area (Å²) in [6.45, 7) is 4.90. The number of nitrogens with zero attached hydrogens (tertiary/aromatic N) is 6. The zero-order chi connectivity index (χ0) is 19.1. The van der Waals surface area contributed by atoms with E-state index >= 15 is 0 Å². The van der Waals surface area contributed by atoms with Crippen molar-refractivity contribution >= 4 is 5.71 Å². The first-order valence-electron chi connectivity index (χ1n) is 9.07. The molecule has 7 nitrogen and oxygen atoms in total. The monoisotopic (exact) mass is 367 g/mol. The van der Waals surface area contributed by atoms with E-state index < -0.39 is 5.82 Å². The zero-order valence-corrected chi connectivity index (χ0v) is 15.4. The minimum atomic E-state index is -0.419. The summed E-state index contributed by atoms with van der Waals surface area (Å²) in [5, 5.41) is 19.7. The highest BCUT2D eigenvalue weighted by Gasteiger charge is 2.15. The maximum absolute atomic E-state index is 12.9. The normalized spacial score (nSPS) is 16.9. The average Bonchev–Trinajstić information content (AvgIpc) is 2.70. The van der Waals surface area contributed by atoms with Crippen LogP contribution < -0.4 is 5.32 Å². The number of allylic oxidation sites excluding steroid dienone is 3. The molecule has 1 unspecified atom stereocenters. The molecule has 140 valence electrons. The summed E-state index contributed by atoms with van der Waals surface area (Å²) in [5.41, 5.74) is 2.31. The van der Waals surface area contributed by atoms with E-state index in [-0.39, 0.29) is 11.9 Å². The summed E-state index contributed by atoms with van der Waals surface area (Å²) in [6.07, 6.45) is 10.4. The Morgan fingerprint density at radius 1 is 1.19 bits per heavy atom. The average molecular weight is 367 g/mol. The fourth-order valence-electron chi connectivity index (χ4n) is 2.69. The summed E-state index contributed by atoms with van der Waals surface area (Å²) < 4.78 is 12.9. The largest absolute Gasteiger partial charge is 0.381 e. The lowest BCUT2D eigenvalue weighted by Crippen LogP contribution is -2.32. The molecular weight excluding hydrogens is 345 g/mol. The van der Waals surface area contributed by atoms with E-state index in [9.17, 15) is 4.39 Å². The predicted molar refractivity (Wildman–Crippen MR) is 102 cm³/mol. The van der Waals surface area contributed by atoms with Gasteiger partial charge in [0.25, 0.3) is 0 Å². The molecule has 1 atom stereocenters. The van der Waals surface area contributed by atoms with Crippen LogP contribution in [-0.2, 0) is 0 Å². The van der Waals surface area contributed by atoms with Gasteiger partial charge >= 0.3 is 0 Å². The van der Waals surface area contributed by atoms with Crippen LogP contribution >= 0.6 is 0 Å². The van der Waals surface area contributed by atoms with Crippen LogP contribution in [0.1, 0.15) is 38.9 Å². The van der Waals surface area contributed by atoms with Crippen molar-refractivity contribution < 1.29 is 4.39 Å². The molecule has 3 rings (SSSR count). The summed E-state index contributed by atoms with van der Waals surface area (Å²) in [7, 11) is 0. The van der Waals surface area contributed by atoms with Crippen LogP contribution in [0.4, 0.5) is 4.39 Å². The third-order valence-electron chi connectivity index (χ3n) is 3.95. The smallest absolute Gasteiger partial charge is 0.221 e. The van der Waals surface area contributed by atoms with Gasteiger partial charge in [0.05, 0.1) is 18.8 Å². The fourth-order valence-corrected chi connectivity index (χ4v) is 2.69. The third-order valence-corrected chi connectivity index (χ3v) is 3.95. The molecule has 0 saturated carbocycles. The highest BCUT2D eigenvalue weighted by atomic mass is 19.1. The molecule has 0 aliphatic carbocycles. The molecule has 0 radical (unpaired) electrons. The molecule has 0 fully saturated rings. The second kappa shape index (κ2) is 9.07. The Labute approximate surface area is 157 Å². The predicted octanol–water partition coefficient (Wildman–Crippen LogP) is 2.88. The Balaban J connectivity index is 1.65. The van der Waals surface area contributed by atoms with Crippen LogP contribution in [0.3, 0.4) is 0 Å². The zero-order valence-electron chi connectivity index (χ0n) is 15.4. The molecule has 0 saturated heterocycles. The van der Waals surface area contributed by atoms with Gasteiger partial charge < -0.3 is 5.32 Å². The molecule has 1 aliphatic heterocycles. The Morgan fingerprint density at radius 2 is 1.96 bits per heavy atom. The minimum Gasteiger partial charge on any atom is -0.381 e. The van der Waals surface area contributed by atoms with Crippen LogP contribution in [0.25, 0.3) is 11.5 Å².